The zero-order valence-corrected chi connectivity index (χ0v) is 12.0. The van der Waals surface area contributed by atoms with Crippen molar-refractivity contribution in [1.82, 2.24) is 4.72 Å². The molecule has 1 N–H and O–H groups in total. The first kappa shape index (κ1) is 15.6. The Balaban J connectivity index is 2.33. The lowest BCUT2D eigenvalue weighted by Crippen LogP contribution is -2.27. The third-order valence-corrected chi connectivity index (χ3v) is 4.37. The summed E-state index contributed by atoms with van der Waals surface area (Å²) in [6.45, 7) is 3.16. The Morgan fingerprint density at radius 3 is 2.33 bits per heavy atom. The Morgan fingerprint density at radius 2 is 1.76 bits per heavy atom. The largest absolute Gasteiger partial charge is 0.465 e. The average molecular weight is 319 g/mol. The van der Waals surface area contributed by atoms with E-state index in [0.29, 0.717) is 23.7 Å². The highest BCUT2D eigenvalue weighted by Crippen LogP contribution is 2.23. The molecule has 4 nitrogen and oxygen atoms in total. The standard InChI is InChI=1S/C13H12F3NO3S/c1-7-3-5-10(20-7)8(2)17-21(18,19)11-6-4-9(14)12(15)13(11)16/h3-6,8,17H,1-2H3/t8-/m0/s1. The molecule has 2 aromatic rings. The number of sulfonamides is 1. The highest BCUT2D eigenvalue weighted by Gasteiger charge is 2.26. The van der Waals surface area contributed by atoms with Gasteiger partial charge in [0.25, 0.3) is 0 Å². The second-order valence-corrected chi connectivity index (χ2v) is 6.15. The fourth-order valence-electron chi connectivity index (χ4n) is 1.76. The Hall–Kier alpha value is -1.80. The summed E-state index contributed by atoms with van der Waals surface area (Å²) in [6.07, 6.45) is 0. The van der Waals surface area contributed by atoms with E-state index in [1.807, 2.05) is 0 Å². The smallest absolute Gasteiger partial charge is 0.244 e. The lowest BCUT2D eigenvalue weighted by Gasteiger charge is -2.13. The van der Waals surface area contributed by atoms with Gasteiger partial charge in [0.05, 0.1) is 6.04 Å². The molecule has 0 aliphatic heterocycles. The molecule has 2 rings (SSSR count). The molecule has 21 heavy (non-hydrogen) atoms. The molecule has 0 unspecified atom stereocenters. The minimum absolute atomic E-state index is 0.319. The summed E-state index contributed by atoms with van der Waals surface area (Å²) in [5.41, 5.74) is 0. The molecule has 114 valence electrons. The van der Waals surface area contributed by atoms with Crippen molar-refractivity contribution in [3.05, 3.63) is 53.2 Å². The van der Waals surface area contributed by atoms with E-state index in [1.54, 1.807) is 19.1 Å². The van der Waals surface area contributed by atoms with Crippen LogP contribution in [-0.4, -0.2) is 8.42 Å². The van der Waals surface area contributed by atoms with Crippen LogP contribution in [0.2, 0.25) is 0 Å². The summed E-state index contributed by atoms with van der Waals surface area (Å²) in [5.74, 6) is -4.15. The van der Waals surface area contributed by atoms with Crippen LogP contribution in [0.4, 0.5) is 13.2 Å². The maximum Gasteiger partial charge on any atom is 0.244 e. The summed E-state index contributed by atoms with van der Waals surface area (Å²) in [5, 5.41) is 0. The fourth-order valence-corrected chi connectivity index (χ4v) is 3.04. The van der Waals surface area contributed by atoms with Gasteiger partial charge in [-0.3, -0.25) is 0 Å². The number of hydrogen-bond donors (Lipinski definition) is 1. The van der Waals surface area contributed by atoms with Gasteiger partial charge in [-0.1, -0.05) is 0 Å². The number of nitrogens with one attached hydrogen (secondary N) is 1. The van der Waals surface area contributed by atoms with Crippen molar-refractivity contribution in [3.8, 4) is 0 Å². The molecule has 8 heteroatoms. The highest BCUT2D eigenvalue weighted by atomic mass is 32.2. The van der Waals surface area contributed by atoms with Crippen LogP contribution >= 0.6 is 0 Å². The number of benzene rings is 1. The van der Waals surface area contributed by atoms with Gasteiger partial charge in [0.2, 0.25) is 10.0 Å². The first-order valence-electron chi connectivity index (χ1n) is 5.94. The third kappa shape index (κ3) is 3.11. The van der Waals surface area contributed by atoms with Gasteiger partial charge in [-0.15, -0.1) is 0 Å². The van der Waals surface area contributed by atoms with E-state index in [0.717, 1.165) is 0 Å². The van der Waals surface area contributed by atoms with E-state index in [4.69, 9.17) is 4.42 Å². The molecule has 0 fully saturated rings. The van der Waals surface area contributed by atoms with Crippen LogP contribution in [0.3, 0.4) is 0 Å². The van der Waals surface area contributed by atoms with Crippen molar-refractivity contribution in [2.24, 2.45) is 0 Å². The van der Waals surface area contributed by atoms with Crippen LogP contribution in [0.5, 0.6) is 0 Å². The van der Waals surface area contributed by atoms with Gasteiger partial charge in [-0.05, 0) is 38.1 Å². The van der Waals surface area contributed by atoms with Gasteiger partial charge in [0.15, 0.2) is 17.5 Å². The van der Waals surface area contributed by atoms with Crippen LogP contribution in [0.25, 0.3) is 0 Å². The van der Waals surface area contributed by atoms with Gasteiger partial charge in [-0.25, -0.2) is 26.3 Å². The van der Waals surface area contributed by atoms with E-state index in [2.05, 4.69) is 4.72 Å². The van der Waals surface area contributed by atoms with E-state index in [9.17, 15) is 21.6 Å². The molecule has 0 radical (unpaired) electrons. The topological polar surface area (TPSA) is 59.3 Å². The molecule has 0 aliphatic carbocycles. The molecule has 1 aromatic heterocycles. The second kappa shape index (κ2) is 5.53. The SMILES string of the molecule is Cc1ccc([C@H](C)NS(=O)(=O)c2ccc(F)c(F)c2F)o1. The van der Waals surface area contributed by atoms with Crippen molar-refractivity contribution in [2.45, 2.75) is 24.8 Å². The molecular formula is C13H12F3NO3S. The van der Waals surface area contributed by atoms with Crippen molar-refractivity contribution < 1.29 is 26.0 Å². The number of hydrogen-bond acceptors (Lipinski definition) is 3. The van der Waals surface area contributed by atoms with Gasteiger partial charge < -0.3 is 4.42 Å². The zero-order chi connectivity index (χ0) is 15.8. The normalized spacial score (nSPS) is 13.4. The predicted molar refractivity (Wildman–Crippen MR) is 68.5 cm³/mol. The Kier molecular flexibility index (Phi) is 4.11. The maximum atomic E-state index is 13.6. The van der Waals surface area contributed by atoms with E-state index < -0.39 is 38.4 Å². The summed E-state index contributed by atoms with van der Waals surface area (Å²) < 4.78 is 70.9. The maximum absolute atomic E-state index is 13.6. The molecule has 1 atom stereocenters. The van der Waals surface area contributed by atoms with Gasteiger partial charge in [0, 0.05) is 0 Å². The summed E-state index contributed by atoms with van der Waals surface area (Å²) in [4.78, 5) is -0.962. The Labute approximate surface area is 119 Å². The molecule has 0 saturated carbocycles. The first-order chi connectivity index (χ1) is 9.72. The number of aryl methyl sites for hydroxylation is 1. The van der Waals surface area contributed by atoms with Crippen molar-refractivity contribution >= 4 is 10.0 Å². The molecule has 0 bridgehead atoms. The van der Waals surface area contributed by atoms with Crippen LogP contribution < -0.4 is 4.72 Å². The first-order valence-corrected chi connectivity index (χ1v) is 7.43. The monoisotopic (exact) mass is 319 g/mol. The second-order valence-electron chi connectivity index (χ2n) is 4.46. The van der Waals surface area contributed by atoms with Crippen LogP contribution in [-0.2, 0) is 10.0 Å². The lowest BCUT2D eigenvalue weighted by atomic mass is 10.3. The molecule has 0 amide bonds. The number of rotatable bonds is 4. The van der Waals surface area contributed by atoms with Gasteiger partial charge >= 0.3 is 0 Å². The van der Waals surface area contributed by atoms with Gasteiger partial charge in [0.1, 0.15) is 16.4 Å². The molecular weight excluding hydrogens is 307 g/mol. The fraction of sp³-hybridized carbons (Fsp3) is 0.231. The van der Waals surface area contributed by atoms with E-state index >= 15 is 0 Å². The predicted octanol–water partition coefficient (Wildman–Crippen LogP) is 3.04. The van der Waals surface area contributed by atoms with Crippen LogP contribution in [0, 0.1) is 24.4 Å². The molecule has 0 saturated heterocycles. The molecule has 1 heterocycles. The van der Waals surface area contributed by atoms with Gasteiger partial charge in [-0.2, -0.15) is 0 Å². The van der Waals surface area contributed by atoms with Crippen molar-refractivity contribution in [3.63, 3.8) is 0 Å². The van der Waals surface area contributed by atoms with E-state index in [1.165, 1.54) is 6.92 Å². The molecule has 0 aliphatic rings. The summed E-state index contributed by atoms with van der Waals surface area (Å²) in [6, 6.07) is 3.61. The highest BCUT2D eigenvalue weighted by molar-refractivity contribution is 7.89. The number of halogens is 3. The molecule has 0 spiro atoms. The minimum atomic E-state index is -4.36. The Morgan fingerprint density at radius 1 is 1.10 bits per heavy atom. The molecule has 1 aromatic carbocycles. The van der Waals surface area contributed by atoms with E-state index in [-0.39, 0.29) is 0 Å². The average Bonchev–Trinajstić information content (AvgIpc) is 2.82. The summed E-state index contributed by atoms with van der Waals surface area (Å²) >= 11 is 0. The minimum Gasteiger partial charge on any atom is -0.465 e. The Bertz CT molecular complexity index is 771. The van der Waals surface area contributed by atoms with Crippen LogP contribution in [0.15, 0.2) is 33.6 Å². The third-order valence-electron chi connectivity index (χ3n) is 2.81. The lowest BCUT2D eigenvalue weighted by molar-refractivity contribution is 0.426. The zero-order valence-electron chi connectivity index (χ0n) is 11.2. The number of furan rings is 1. The van der Waals surface area contributed by atoms with Crippen molar-refractivity contribution in [1.29, 1.82) is 0 Å². The summed E-state index contributed by atoms with van der Waals surface area (Å²) in [7, 11) is -4.36. The van der Waals surface area contributed by atoms with Crippen LogP contribution in [0.1, 0.15) is 24.5 Å². The van der Waals surface area contributed by atoms with Crippen molar-refractivity contribution in [2.75, 3.05) is 0 Å². The quantitative estimate of drug-likeness (QED) is 0.881.